The highest BCUT2D eigenvalue weighted by atomic mass is 16.1. The highest BCUT2D eigenvalue weighted by Crippen LogP contribution is 2.56. The molecule has 1 saturated heterocycles. The van der Waals surface area contributed by atoms with E-state index in [4.69, 9.17) is 0 Å². The van der Waals surface area contributed by atoms with E-state index in [1.807, 2.05) is 30.3 Å². The Hall–Kier alpha value is -1.93. The number of benzene rings is 2. The standard InChI is InChI=1S/C22H23NO/c24-22(17-9-5-2-6-10-17)21-20(16-7-3-1-4-8-16)23(21)19-14-15-11-12-18(19)13-15/h1-10,15,18-21H,11-14H2/t15?,18?,19-,20?,21?,23?/m1/s1. The van der Waals surface area contributed by atoms with E-state index in [0.717, 1.165) is 17.4 Å². The predicted octanol–water partition coefficient (Wildman–Crippen LogP) is 4.48. The van der Waals surface area contributed by atoms with Crippen molar-refractivity contribution in [3.05, 3.63) is 71.8 Å². The fourth-order valence-corrected chi connectivity index (χ4v) is 5.29. The molecule has 1 heterocycles. The van der Waals surface area contributed by atoms with Crippen molar-refractivity contribution < 1.29 is 4.79 Å². The molecule has 1 aliphatic heterocycles. The van der Waals surface area contributed by atoms with Crippen LogP contribution in [0.5, 0.6) is 0 Å². The second kappa shape index (κ2) is 5.56. The molecule has 0 N–H and O–H groups in total. The molecular formula is C22H23NO. The van der Waals surface area contributed by atoms with E-state index in [0.29, 0.717) is 11.8 Å². The molecule has 6 atom stereocenters. The summed E-state index contributed by atoms with van der Waals surface area (Å²) in [5.74, 6) is 2.02. The SMILES string of the molecule is O=C(c1ccccc1)C1C(c2ccccc2)N1[C@@H]1CC2CCC1C2. The number of carbonyl (C=O) groups is 1. The molecule has 2 nitrogen and oxygen atoms in total. The van der Waals surface area contributed by atoms with Crippen LogP contribution in [-0.2, 0) is 0 Å². The van der Waals surface area contributed by atoms with Crippen molar-refractivity contribution >= 4 is 5.78 Å². The molecule has 122 valence electrons. The van der Waals surface area contributed by atoms with E-state index in [1.165, 1.54) is 31.2 Å². The Morgan fingerprint density at radius 3 is 2.21 bits per heavy atom. The molecule has 3 fully saturated rings. The van der Waals surface area contributed by atoms with Crippen molar-refractivity contribution in [3.8, 4) is 0 Å². The Morgan fingerprint density at radius 2 is 1.58 bits per heavy atom. The summed E-state index contributed by atoms with van der Waals surface area (Å²) in [6.07, 6.45) is 5.45. The van der Waals surface area contributed by atoms with Crippen molar-refractivity contribution in [1.82, 2.24) is 4.90 Å². The van der Waals surface area contributed by atoms with Gasteiger partial charge in [0.15, 0.2) is 5.78 Å². The van der Waals surface area contributed by atoms with Crippen LogP contribution in [0.3, 0.4) is 0 Å². The summed E-state index contributed by atoms with van der Waals surface area (Å²) in [5.41, 5.74) is 2.16. The van der Waals surface area contributed by atoms with Crippen molar-refractivity contribution in [2.45, 2.75) is 43.8 Å². The maximum Gasteiger partial charge on any atom is 0.181 e. The van der Waals surface area contributed by atoms with Crippen LogP contribution in [0.25, 0.3) is 0 Å². The largest absolute Gasteiger partial charge is 0.292 e. The molecule has 2 heteroatoms. The summed E-state index contributed by atoms with van der Waals surface area (Å²) in [5, 5.41) is 0. The first-order chi connectivity index (χ1) is 11.8. The summed E-state index contributed by atoms with van der Waals surface area (Å²) in [6.45, 7) is 0. The van der Waals surface area contributed by atoms with E-state index in [1.54, 1.807) is 0 Å². The van der Waals surface area contributed by atoms with E-state index in [2.05, 4.69) is 35.2 Å². The third kappa shape index (κ3) is 2.24. The summed E-state index contributed by atoms with van der Waals surface area (Å²) >= 11 is 0. The van der Waals surface area contributed by atoms with Gasteiger partial charge in [0.1, 0.15) is 0 Å². The Labute approximate surface area is 143 Å². The van der Waals surface area contributed by atoms with Gasteiger partial charge in [0.25, 0.3) is 0 Å². The van der Waals surface area contributed by atoms with Gasteiger partial charge in [-0.15, -0.1) is 0 Å². The maximum absolute atomic E-state index is 13.1. The van der Waals surface area contributed by atoms with Gasteiger partial charge in [-0.1, -0.05) is 67.1 Å². The van der Waals surface area contributed by atoms with Gasteiger partial charge in [-0.25, -0.2) is 0 Å². The lowest BCUT2D eigenvalue weighted by Gasteiger charge is -2.24. The first-order valence-electron chi connectivity index (χ1n) is 9.24. The molecule has 0 radical (unpaired) electrons. The van der Waals surface area contributed by atoms with Gasteiger partial charge in [0.05, 0.1) is 12.1 Å². The second-order valence-electron chi connectivity index (χ2n) is 7.72. The first kappa shape index (κ1) is 14.4. The minimum absolute atomic E-state index is 0.0409. The van der Waals surface area contributed by atoms with Crippen LogP contribution in [0.15, 0.2) is 60.7 Å². The molecule has 24 heavy (non-hydrogen) atoms. The topological polar surface area (TPSA) is 20.1 Å². The average Bonchev–Trinajstić information content (AvgIpc) is 3.00. The van der Waals surface area contributed by atoms with Gasteiger partial charge in [0.2, 0.25) is 0 Å². The second-order valence-corrected chi connectivity index (χ2v) is 7.72. The third-order valence-electron chi connectivity index (χ3n) is 6.40. The number of rotatable bonds is 4. The lowest BCUT2D eigenvalue weighted by atomic mass is 9.95. The molecule has 5 rings (SSSR count). The fraction of sp³-hybridized carbons (Fsp3) is 0.409. The van der Waals surface area contributed by atoms with Crippen LogP contribution in [0.2, 0.25) is 0 Å². The number of carbonyl (C=O) groups excluding carboxylic acids is 1. The van der Waals surface area contributed by atoms with Crippen molar-refractivity contribution in [1.29, 1.82) is 0 Å². The van der Waals surface area contributed by atoms with E-state index >= 15 is 0 Å². The zero-order valence-electron chi connectivity index (χ0n) is 13.8. The fourth-order valence-electron chi connectivity index (χ4n) is 5.29. The molecule has 2 aromatic carbocycles. The molecule has 0 spiro atoms. The van der Waals surface area contributed by atoms with Crippen LogP contribution in [0, 0.1) is 11.8 Å². The smallest absolute Gasteiger partial charge is 0.181 e. The molecule has 2 aliphatic carbocycles. The number of hydrogen-bond donors (Lipinski definition) is 0. The molecular weight excluding hydrogens is 294 g/mol. The maximum atomic E-state index is 13.1. The molecule has 5 unspecified atom stereocenters. The number of Topliss-reactive ketones (excluding diaryl/α,β-unsaturated/α-hetero) is 1. The Bertz CT molecular complexity index is 741. The molecule has 2 saturated carbocycles. The van der Waals surface area contributed by atoms with Gasteiger partial charge in [-0.3, -0.25) is 9.69 Å². The van der Waals surface area contributed by atoms with Crippen molar-refractivity contribution in [3.63, 3.8) is 0 Å². The zero-order chi connectivity index (χ0) is 16.1. The van der Waals surface area contributed by atoms with Crippen LogP contribution >= 0.6 is 0 Å². The number of ketones is 1. The van der Waals surface area contributed by atoms with Crippen LogP contribution in [-0.4, -0.2) is 22.8 Å². The minimum Gasteiger partial charge on any atom is -0.292 e. The minimum atomic E-state index is 0.0409. The Morgan fingerprint density at radius 1 is 0.875 bits per heavy atom. The lowest BCUT2D eigenvalue weighted by Crippen LogP contribution is -2.29. The molecule has 0 amide bonds. The highest BCUT2D eigenvalue weighted by molar-refractivity contribution is 6.02. The molecule has 0 aromatic heterocycles. The Balaban J connectivity index is 1.46. The summed E-state index contributed by atoms with van der Waals surface area (Å²) < 4.78 is 0. The van der Waals surface area contributed by atoms with Gasteiger partial charge in [-0.05, 0) is 36.7 Å². The number of fused-ring (bicyclic) bond motifs is 2. The molecule has 3 aliphatic rings. The van der Waals surface area contributed by atoms with Gasteiger partial charge in [0, 0.05) is 11.6 Å². The van der Waals surface area contributed by atoms with Crippen LogP contribution in [0.1, 0.15) is 47.6 Å². The third-order valence-corrected chi connectivity index (χ3v) is 6.40. The lowest BCUT2D eigenvalue weighted by molar-refractivity contribution is 0.0960. The van der Waals surface area contributed by atoms with Gasteiger partial charge < -0.3 is 0 Å². The monoisotopic (exact) mass is 317 g/mol. The van der Waals surface area contributed by atoms with Gasteiger partial charge in [-0.2, -0.15) is 0 Å². The van der Waals surface area contributed by atoms with Crippen molar-refractivity contribution in [2.24, 2.45) is 11.8 Å². The zero-order valence-corrected chi connectivity index (χ0v) is 13.8. The molecule has 2 aromatic rings. The summed E-state index contributed by atoms with van der Waals surface area (Å²) in [6, 6.07) is 21.4. The quantitative estimate of drug-likeness (QED) is 0.612. The van der Waals surface area contributed by atoms with E-state index in [-0.39, 0.29) is 12.1 Å². The molecule has 2 bridgehead atoms. The summed E-state index contributed by atoms with van der Waals surface area (Å²) in [4.78, 5) is 15.7. The van der Waals surface area contributed by atoms with Crippen LogP contribution in [0.4, 0.5) is 0 Å². The number of nitrogens with zero attached hydrogens (tertiary/aromatic N) is 1. The predicted molar refractivity (Wildman–Crippen MR) is 94.8 cm³/mol. The highest BCUT2D eigenvalue weighted by Gasteiger charge is 2.59. The van der Waals surface area contributed by atoms with E-state index < -0.39 is 0 Å². The van der Waals surface area contributed by atoms with E-state index in [9.17, 15) is 4.79 Å². The average molecular weight is 317 g/mol. The Kier molecular flexibility index (Phi) is 3.34. The normalized spacial score (nSPS) is 36.7. The van der Waals surface area contributed by atoms with Gasteiger partial charge >= 0.3 is 0 Å². The summed E-state index contributed by atoms with van der Waals surface area (Å²) in [7, 11) is 0. The van der Waals surface area contributed by atoms with Crippen LogP contribution < -0.4 is 0 Å². The van der Waals surface area contributed by atoms with Crippen molar-refractivity contribution in [2.75, 3.05) is 0 Å². The number of hydrogen-bond acceptors (Lipinski definition) is 2. The first-order valence-corrected chi connectivity index (χ1v) is 9.24.